The molecule has 0 saturated carbocycles. The third kappa shape index (κ3) is 4.18. The summed E-state index contributed by atoms with van der Waals surface area (Å²) in [6.07, 6.45) is 0. The number of benzene rings is 1. The maximum atomic E-state index is 12.1. The highest BCUT2D eigenvalue weighted by Crippen LogP contribution is 2.29. The van der Waals surface area contributed by atoms with Crippen molar-refractivity contribution >= 4 is 33.0 Å². The van der Waals surface area contributed by atoms with E-state index in [9.17, 15) is 8.78 Å². The lowest BCUT2D eigenvalue weighted by Gasteiger charge is -2.14. The van der Waals surface area contributed by atoms with Gasteiger partial charge in [0.25, 0.3) is 0 Å². The van der Waals surface area contributed by atoms with E-state index in [2.05, 4.69) is 26.0 Å². The second kappa shape index (κ2) is 6.34. The van der Waals surface area contributed by atoms with Gasteiger partial charge in [-0.1, -0.05) is 6.07 Å². The number of ether oxygens (including phenoxy) is 1. The van der Waals surface area contributed by atoms with Crippen LogP contribution in [0.5, 0.6) is 5.75 Å². The smallest absolute Gasteiger partial charge is 0.387 e. The van der Waals surface area contributed by atoms with Gasteiger partial charge in [-0.3, -0.25) is 0 Å². The number of hydrogen-bond acceptors (Lipinski definition) is 3. The molecule has 2 nitrogen and oxygen atoms in total. The first-order valence-corrected chi connectivity index (χ1v) is 7.27. The van der Waals surface area contributed by atoms with Gasteiger partial charge in [0.05, 0.1) is 6.04 Å². The number of nitrogens with one attached hydrogen (secondary N) is 1. The molecule has 6 heteroatoms. The zero-order valence-electron chi connectivity index (χ0n) is 10.1. The van der Waals surface area contributed by atoms with Crippen molar-refractivity contribution in [3.8, 4) is 5.75 Å². The van der Waals surface area contributed by atoms with Crippen molar-refractivity contribution in [3.63, 3.8) is 0 Å². The number of thiophene rings is 1. The van der Waals surface area contributed by atoms with Crippen LogP contribution in [-0.4, -0.2) is 6.61 Å². The first-order chi connectivity index (χ1) is 9.04. The van der Waals surface area contributed by atoms with Crippen LogP contribution in [0.15, 0.2) is 40.2 Å². The SMILES string of the molecule is CC(Nc1cccc(OC(F)F)c1)c1cc(Br)cs1. The lowest BCUT2D eigenvalue weighted by molar-refractivity contribution is -0.0498. The van der Waals surface area contributed by atoms with Crippen LogP contribution < -0.4 is 10.1 Å². The van der Waals surface area contributed by atoms with E-state index in [0.717, 1.165) is 15.0 Å². The van der Waals surface area contributed by atoms with Crippen LogP contribution in [0.25, 0.3) is 0 Å². The molecule has 1 aromatic carbocycles. The molecule has 1 unspecified atom stereocenters. The zero-order valence-corrected chi connectivity index (χ0v) is 12.5. The summed E-state index contributed by atoms with van der Waals surface area (Å²) in [5, 5.41) is 5.25. The van der Waals surface area contributed by atoms with E-state index in [1.807, 2.05) is 24.4 Å². The minimum Gasteiger partial charge on any atom is -0.435 e. The standard InChI is InChI=1S/C13H12BrF2NOS/c1-8(12-5-9(14)7-19-12)17-10-3-2-4-11(6-10)18-13(15)16/h2-8,13,17H,1H3. The van der Waals surface area contributed by atoms with Crippen LogP contribution in [0.4, 0.5) is 14.5 Å². The second-order valence-electron chi connectivity index (χ2n) is 3.94. The molecule has 2 aromatic rings. The average Bonchev–Trinajstić information content (AvgIpc) is 2.75. The predicted molar refractivity (Wildman–Crippen MR) is 77.1 cm³/mol. The Kier molecular flexibility index (Phi) is 4.76. The molecule has 0 aliphatic heterocycles. The Morgan fingerprint density at radius 1 is 1.32 bits per heavy atom. The molecule has 0 saturated heterocycles. The van der Waals surface area contributed by atoms with Gasteiger partial charge in [0.2, 0.25) is 0 Å². The lowest BCUT2D eigenvalue weighted by Crippen LogP contribution is -2.06. The third-order valence-electron chi connectivity index (χ3n) is 2.46. The molecule has 0 aliphatic carbocycles. The number of halogens is 3. The molecule has 0 aliphatic rings. The molecular formula is C13H12BrF2NOS. The average molecular weight is 348 g/mol. The summed E-state index contributed by atoms with van der Waals surface area (Å²) >= 11 is 5.04. The minimum atomic E-state index is -2.80. The Morgan fingerprint density at radius 2 is 2.11 bits per heavy atom. The molecule has 0 bridgehead atoms. The van der Waals surface area contributed by atoms with Crippen molar-refractivity contribution in [2.75, 3.05) is 5.32 Å². The highest BCUT2D eigenvalue weighted by molar-refractivity contribution is 9.10. The number of alkyl halides is 2. The molecule has 19 heavy (non-hydrogen) atoms. The van der Waals surface area contributed by atoms with Gasteiger partial charge in [0.15, 0.2) is 0 Å². The van der Waals surface area contributed by atoms with Gasteiger partial charge in [0, 0.05) is 26.5 Å². The van der Waals surface area contributed by atoms with E-state index in [4.69, 9.17) is 0 Å². The molecule has 1 heterocycles. The summed E-state index contributed by atoms with van der Waals surface area (Å²) in [6, 6.07) is 8.68. The van der Waals surface area contributed by atoms with Crippen LogP contribution in [0, 0.1) is 0 Å². The third-order valence-corrected chi connectivity index (χ3v) is 4.33. The van der Waals surface area contributed by atoms with E-state index in [-0.39, 0.29) is 11.8 Å². The van der Waals surface area contributed by atoms with E-state index in [1.165, 1.54) is 6.07 Å². The van der Waals surface area contributed by atoms with E-state index in [0.29, 0.717) is 0 Å². The molecular weight excluding hydrogens is 336 g/mol. The van der Waals surface area contributed by atoms with Crippen LogP contribution in [0.3, 0.4) is 0 Å². The van der Waals surface area contributed by atoms with Gasteiger partial charge < -0.3 is 10.1 Å². The topological polar surface area (TPSA) is 21.3 Å². The van der Waals surface area contributed by atoms with Gasteiger partial charge in [-0.05, 0) is 41.1 Å². The predicted octanol–water partition coefficient (Wildman–Crippen LogP) is 5.29. The Hall–Kier alpha value is -1.14. The van der Waals surface area contributed by atoms with E-state index < -0.39 is 6.61 Å². The fourth-order valence-corrected chi connectivity index (χ4v) is 3.09. The van der Waals surface area contributed by atoms with Crippen molar-refractivity contribution in [1.82, 2.24) is 0 Å². The molecule has 2 rings (SSSR count). The second-order valence-corrected chi connectivity index (χ2v) is 5.80. The zero-order chi connectivity index (χ0) is 13.8. The van der Waals surface area contributed by atoms with Crippen LogP contribution >= 0.6 is 27.3 Å². The molecule has 1 aromatic heterocycles. The lowest BCUT2D eigenvalue weighted by atomic mass is 10.2. The van der Waals surface area contributed by atoms with Crippen molar-refractivity contribution in [2.24, 2.45) is 0 Å². The maximum Gasteiger partial charge on any atom is 0.387 e. The monoisotopic (exact) mass is 347 g/mol. The summed E-state index contributed by atoms with van der Waals surface area (Å²) < 4.78 is 29.7. The van der Waals surface area contributed by atoms with Crippen LogP contribution in [0.1, 0.15) is 17.8 Å². The molecule has 0 radical (unpaired) electrons. The Labute approximate surface area is 122 Å². The van der Waals surface area contributed by atoms with Gasteiger partial charge in [0.1, 0.15) is 5.75 Å². The summed E-state index contributed by atoms with van der Waals surface area (Å²) in [5.41, 5.74) is 0.746. The van der Waals surface area contributed by atoms with E-state index in [1.54, 1.807) is 23.5 Å². The van der Waals surface area contributed by atoms with Crippen molar-refractivity contribution < 1.29 is 13.5 Å². The summed E-state index contributed by atoms with van der Waals surface area (Å²) in [7, 11) is 0. The molecule has 1 N–H and O–H groups in total. The van der Waals surface area contributed by atoms with Crippen molar-refractivity contribution in [3.05, 3.63) is 45.1 Å². The van der Waals surface area contributed by atoms with Crippen LogP contribution in [0.2, 0.25) is 0 Å². The fourth-order valence-electron chi connectivity index (χ4n) is 1.64. The molecule has 1 atom stereocenters. The first kappa shape index (κ1) is 14.3. The summed E-state index contributed by atoms with van der Waals surface area (Å²) in [5.74, 6) is 0.152. The molecule has 0 fully saturated rings. The number of anilines is 1. The first-order valence-electron chi connectivity index (χ1n) is 5.60. The molecule has 102 valence electrons. The summed E-state index contributed by atoms with van der Waals surface area (Å²) in [6.45, 7) is -0.792. The Bertz CT molecular complexity index is 547. The molecule has 0 amide bonds. The van der Waals surface area contributed by atoms with Gasteiger partial charge in [-0.15, -0.1) is 11.3 Å². The van der Waals surface area contributed by atoms with Crippen molar-refractivity contribution in [2.45, 2.75) is 19.6 Å². The maximum absolute atomic E-state index is 12.1. The normalized spacial score (nSPS) is 12.5. The number of rotatable bonds is 5. The fraction of sp³-hybridized carbons (Fsp3) is 0.231. The van der Waals surface area contributed by atoms with Crippen molar-refractivity contribution in [1.29, 1.82) is 0 Å². The Balaban J connectivity index is 2.06. The molecule has 0 spiro atoms. The van der Waals surface area contributed by atoms with Gasteiger partial charge >= 0.3 is 6.61 Å². The summed E-state index contributed by atoms with van der Waals surface area (Å²) in [4.78, 5) is 1.16. The highest BCUT2D eigenvalue weighted by atomic mass is 79.9. The highest BCUT2D eigenvalue weighted by Gasteiger charge is 2.09. The van der Waals surface area contributed by atoms with Gasteiger partial charge in [-0.25, -0.2) is 0 Å². The minimum absolute atomic E-state index is 0.0955. The largest absolute Gasteiger partial charge is 0.435 e. The van der Waals surface area contributed by atoms with Crippen LogP contribution in [-0.2, 0) is 0 Å². The number of hydrogen-bond donors (Lipinski definition) is 1. The quantitative estimate of drug-likeness (QED) is 0.793. The van der Waals surface area contributed by atoms with Gasteiger partial charge in [-0.2, -0.15) is 8.78 Å². The van der Waals surface area contributed by atoms with E-state index >= 15 is 0 Å². The Morgan fingerprint density at radius 3 is 2.74 bits per heavy atom.